The molecule has 2 atom stereocenters. The van der Waals surface area contributed by atoms with Crippen molar-refractivity contribution in [2.45, 2.75) is 38.0 Å². The molecule has 0 bridgehead atoms. The smallest absolute Gasteiger partial charge is 0.379 e. The minimum absolute atomic E-state index is 0.134. The molecule has 1 saturated heterocycles. The van der Waals surface area contributed by atoms with Gasteiger partial charge in [0.1, 0.15) is 0 Å². The van der Waals surface area contributed by atoms with Crippen molar-refractivity contribution in [3.63, 3.8) is 0 Å². The predicted molar refractivity (Wildman–Crippen MR) is 62.4 cm³/mol. The first-order valence-electron chi connectivity index (χ1n) is 6.61. The van der Waals surface area contributed by atoms with Gasteiger partial charge < -0.3 is 10.1 Å². The second-order valence-electron chi connectivity index (χ2n) is 5.24. The van der Waals surface area contributed by atoms with E-state index in [0.29, 0.717) is 19.8 Å². The van der Waals surface area contributed by atoms with Crippen molar-refractivity contribution < 1.29 is 17.9 Å². The molecule has 1 saturated carbocycles. The van der Waals surface area contributed by atoms with E-state index in [0.717, 1.165) is 19.4 Å². The second-order valence-corrected chi connectivity index (χ2v) is 5.24. The van der Waals surface area contributed by atoms with Gasteiger partial charge >= 0.3 is 6.18 Å². The Morgan fingerprint density at radius 2 is 2.00 bits per heavy atom. The van der Waals surface area contributed by atoms with Crippen LogP contribution in [0.25, 0.3) is 0 Å². The van der Waals surface area contributed by atoms with Gasteiger partial charge in [0.2, 0.25) is 0 Å². The zero-order valence-corrected chi connectivity index (χ0v) is 10.7. The lowest BCUT2D eigenvalue weighted by molar-refractivity contribution is -0.148. The molecule has 0 spiro atoms. The van der Waals surface area contributed by atoms with E-state index in [4.69, 9.17) is 4.74 Å². The average molecular weight is 266 g/mol. The molecule has 106 valence electrons. The van der Waals surface area contributed by atoms with Gasteiger partial charge in [0.25, 0.3) is 0 Å². The quantitative estimate of drug-likeness (QED) is 0.791. The van der Waals surface area contributed by atoms with E-state index < -0.39 is 12.7 Å². The summed E-state index contributed by atoms with van der Waals surface area (Å²) < 4.78 is 43.0. The molecule has 1 aliphatic heterocycles. The number of rotatable bonds is 6. The Morgan fingerprint density at radius 1 is 1.28 bits per heavy atom. The lowest BCUT2D eigenvalue weighted by Crippen LogP contribution is -2.45. The molecule has 0 radical (unpaired) electrons. The summed E-state index contributed by atoms with van der Waals surface area (Å²) in [6.45, 7) is 3.72. The largest absolute Gasteiger partial charge is 0.401 e. The molecule has 0 aromatic heterocycles. The van der Waals surface area contributed by atoms with E-state index in [9.17, 15) is 13.2 Å². The van der Waals surface area contributed by atoms with Gasteiger partial charge in [-0.25, -0.2) is 0 Å². The SMILES string of the molecule is CCNC1COCC1CN(CC(F)(F)F)C1CC1. The van der Waals surface area contributed by atoms with E-state index in [2.05, 4.69) is 5.32 Å². The number of nitrogens with one attached hydrogen (secondary N) is 1. The molecule has 1 aliphatic carbocycles. The Morgan fingerprint density at radius 3 is 2.56 bits per heavy atom. The zero-order chi connectivity index (χ0) is 13.2. The maximum absolute atomic E-state index is 12.5. The fraction of sp³-hybridized carbons (Fsp3) is 1.00. The first-order valence-corrected chi connectivity index (χ1v) is 6.61. The lowest BCUT2D eigenvalue weighted by atomic mass is 10.0. The molecule has 2 rings (SSSR count). The topological polar surface area (TPSA) is 24.5 Å². The number of halogens is 3. The minimum atomic E-state index is -4.10. The van der Waals surface area contributed by atoms with Crippen LogP contribution in [-0.4, -0.2) is 56.0 Å². The van der Waals surface area contributed by atoms with Gasteiger partial charge in [-0.3, -0.25) is 4.90 Å². The van der Waals surface area contributed by atoms with Crippen LogP contribution in [0.1, 0.15) is 19.8 Å². The van der Waals surface area contributed by atoms with Crippen molar-refractivity contribution in [3.8, 4) is 0 Å². The molecule has 1 N–H and O–H groups in total. The van der Waals surface area contributed by atoms with Crippen LogP contribution < -0.4 is 5.32 Å². The molecule has 3 nitrogen and oxygen atoms in total. The minimum Gasteiger partial charge on any atom is -0.379 e. The molecule has 0 aromatic rings. The Labute approximate surface area is 106 Å². The summed E-state index contributed by atoms with van der Waals surface area (Å²) in [7, 11) is 0. The Hall–Kier alpha value is -0.330. The van der Waals surface area contributed by atoms with Crippen molar-refractivity contribution in [3.05, 3.63) is 0 Å². The van der Waals surface area contributed by atoms with Crippen molar-refractivity contribution in [1.29, 1.82) is 0 Å². The Kier molecular flexibility index (Phi) is 4.50. The van der Waals surface area contributed by atoms with Crippen molar-refractivity contribution in [1.82, 2.24) is 10.2 Å². The highest BCUT2D eigenvalue weighted by Crippen LogP contribution is 2.31. The standard InChI is InChI=1S/C12H21F3N2O/c1-2-16-11-7-18-6-9(11)5-17(10-3-4-10)8-12(13,14)15/h9-11,16H,2-8H2,1H3. The normalized spacial score (nSPS) is 29.2. The summed E-state index contributed by atoms with van der Waals surface area (Å²) >= 11 is 0. The van der Waals surface area contributed by atoms with E-state index in [1.165, 1.54) is 0 Å². The van der Waals surface area contributed by atoms with Gasteiger partial charge in [0.15, 0.2) is 0 Å². The van der Waals surface area contributed by atoms with E-state index in [1.54, 1.807) is 4.90 Å². The second kappa shape index (κ2) is 5.75. The van der Waals surface area contributed by atoms with Gasteiger partial charge in [-0.2, -0.15) is 13.2 Å². The van der Waals surface area contributed by atoms with E-state index in [-0.39, 0.29) is 18.0 Å². The average Bonchev–Trinajstić information content (AvgIpc) is 3.01. The van der Waals surface area contributed by atoms with Crippen LogP contribution in [0.3, 0.4) is 0 Å². The molecule has 18 heavy (non-hydrogen) atoms. The molecule has 2 fully saturated rings. The number of likely N-dealkylation sites (N-methyl/N-ethyl adjacent to an activating group) is 1. The number of hydrogen-bond donors (Lipinski definition) is 1. The van der Waals surface area contributed by atoms with Gasteiger partial charge in [-0.15, -0.1) is 0 Å². The molecule has 2 aliphatic rings. The Balaban J connectivity index is 1.87. The summed E-state index contributed by atoms with van der Waals surface area (Å²) in [5, 5.41) is 3.29. The summed E-state index contributed by atoms with van der Waals surface area (Å²) in [5.74, 6) is 0.174. The number of ether oxygens (including phenoxy) is 1. The molecule has 2 unspecified atom stereocenters. The fourth-order valence-corrected chi connectivity index (χ4v) is 2.58. The molecule has 0 amide bonds. The molecule has 1 heterocycles. The lowest BCUT2D eigenvalue weighted by Gasteiger charge is -2.28. The summed E-state index contributed by atoms with van der Waals surface area (Å²) in [6.07, 6.45) is -2.30. The van der Waals surface area contributed by atoms with Crippen molar-refractivity contribution in [2.75, 3.05) is 32.8 Å². The molecule has 6 heteroatoms. The maximum atomic E-state index is 12.5. The summed E-state index contributed by atoms with van der Waals surface area (Å²) in [4.78, 5) is 1.59. The predicted octanol–water partition coefficient (Wildman–Crippen LogP) is 1.64. The highest BCUT2D eigenvalue weighted by molar-refractivity contribution is 4.90. The van der Waals surface area contributed by atoms with Crippen LogP contribution in [0.5, 0.6) is 0 Å². The first-order chi connectivity index (χ1) is 8.49. The van der Waals surface area contributed by atoms with Gasteiger partial charge in [-0.05, 0) is 19.4 Å². The third kappa shape index (κ3) is 4.10. The number of alkyl halides is 3. The van der Waals surface area contributed by atoms with Gasteiger partial charge in [0, 0.05) is 24.5 Å². The van der Waals surface area contributed by atoms with E-state index >= 15 is 0 Å². The van der Waals surface area contributed by atoms with Gasteiger partial charge in [-0.1, -0.05) is 6.92 Å². The fourth-order valence-electron chi connectivity index (χ4n) is 2.58. The molecular formula is C12H21F3N2O. The Bertz CT molecular complexity index is 269. The maximum Gasteiger partial charge on any atom is 0.401 e. The highest BCUT2D eigenvalue weighted by atomic mass is 19.4. The highest BCUT2D eigenvalue weighted by Gasteiger charge is 2.40. The third-order valence-electron chi connectivity index (χ3n) is 3.58. The summed E-state index contributed by atoms with van der Waals surface area (Å²) in [5.41, 5.74) is 0. The van der Waals surface area contributed by atoms with E-state index in [1.807, 2.05) is 6.92 Å². The summed E-state index contributed by atoms with van der Waals surface area (Å²) in [6, 6.07) is 0.332. The van der Waals surface area contributed by atoms with Crippen molar-refractivity contribution >= 4 is 0 Å². The number of hydrogen-bond acceptors (Lipinski definition) is 3. The van der Waals surface area contributed by atoms with Crippen LogP contribution in [0, 0.1) is 5.92 Å². The molecular weight excluding hydrogens is 245 g/mol. The first kappa shape index (κ1) is 14.1. The van der Waals surface area contributed by atoms with Crippen LogP contribution in [0.2, 0.25) is 0 Å². The number of nitrogens with zero attached hydrogens (tertiary/aromatic N) is 1. The zero-order valence-electron chi connectivity index (χ0n) is 10.7. The molecule has 0 aromatic carbocycles. The third-order valence-corrected chi connectivity index (χ3v) is 3.58. The van der Waals surface area contributed by atoms with Crippen LogP contribution in [0.4, 0.5) is 13.2 Å². The monoisotopic (exact) mass is 266 g/mol. The van der Waals surface area contributed by atoms with Crippen LogP contribution >= 0.6 is 0 Å². The van der Waals surface area contributed by atoms with Crippen molar-refractivity contribution in [2.24, 2.45) is 5.92 Å². The van der Waals surface area contributed by atoms with Crippen LogP contribution in [0.15, 0.2) is 0 Å². The van der Waals surface area contributed by atoms with Crippen LogP contribution in [-0.2, 0) is 4.74 Å². The van der Waals surface area contributed by atoms with Gasteiger partial charge in [0.05, 0.1) is 19.8 Å².